The van der Waals surface area contributed by atoms with Gasteiger partial charge in [0.15, 0.2) is 9.84 Å². The monoisotopic (exact) mass is 353 g/mol. The Kier molecular flexibility index (Phi) is 4.07. The molecule has 0 fully saturated rings. The first-order valence-corrected chi connectivity index (χ1v) is 9.49. The molecule has 1 atom stereocenters. The lowest BCUT2D eigenvalue weighted by atomic mass is 10.2. The second-order valence-electron chi connectivity index (χ2n) is 5.19. The molecule has 0 saturated heterocycles. The summed E-state index contributed by atoms with van der Waals surface area (Å²) >= 11 is 1.46. The molecule has 0 bridgehead atoms. The largest absolute Gasteiger partial charge is 0.361 e. The van der Waals surface area contributed by atoms with Crippen LogP contribution in [0.25, 0.3) is 10.7 Å². The van der Waals surface area contributed by atoms with E-state index in [0.717, 1.165) is 4.88 Å². The summed E-state index contributed by atoms with van der Waals surface area (Å²) in [4.78, 5) is 5.04. The van der Waals surface area contributed by atoms with Gasteiger partial charge < -0.3 is 9.05 Å². The number of nitrogens with zero attached hydrogens (tertiary/aromatic N) is 3. The third-order valence-electron chi connectivity index (χ3n) is 3.60. The highest BCUT2D eigenvalue weighted by molar-refractivity contribution is 7.90. The molecule has 9 heteroatoms. The normalized spacial score (nSPS) is 13.3. The van der Waals surface area contributed by atoms with Crippen LogP contribution in [-0.2, 0) is 15.6 Å². The second-order valence-corrected chi connectivity index (χ2v) is 8.45. The Labute approximate surface area is 137 Å². The summed E-state index contributed by atoms with van der Waals surface area (Å²) in [5.74, 6) is 0.809. The Morgan fingerprint density at radius 1 is 1.26 bits per heavy atom. The summed E-state index contributed by atoms with van der Waals surface area (Å²) in [6.45, 7) is 4.95. The summed E-state index contributed by atoms with van der Waals surface area (Å²) in [5.41, 5.74) is 1.15. The van der Waals surface area contributed by atoms with Crippen molar-refractivity contribution < 1.29 is 17.5 Å². The van der Waals surface area contributed by atoms with Gasteiger partial charge in [0.25, 0.3) is 0 Å². The van der Waals surface area contributed by atoms with Gasteiger partial charge in [-0.05, 0) is 32.2 Å². The topological polar surface area (TPSA) is 99.1 Å². The molecule has 0 saturated carbocycles. The second kappa shape index (κ2) is 5.89. The Morgan fingerprint density at radius 3 is 2.65 bits per heavy atom. The summed E-state index contributed by atoms with van der Waals surface area (Å²) in [6.07, 6.45) is 0. The van der Waals surface area contributed by atoms with Crippen molar-refractivity contribution in [3.63, 3.8) is 0 Å². The standard InChI is InChI=1S/C14H15N3O4S2/c1-8-11(9(2)20-16-8)7-23(18,19)10(3)14-15-13(17-21-14)12-5-4-6-22-12/h4-6,10H,7H2,1-3H3/t10-/m1/s1. The predicted octanol–water partition coefficient (Wildman–Crippen LogP) is 3.08. The van der Waals surface area contributed by atoms with Crippen LogP contribution in [0.4, 0.5) is 0 Å². The Bertz CT molecular complexity index is 890. The van der Waals surface area contributed by atoms with Crippen molar-refractivity contribution in [1.82, 2.24) is 15.3 Å². The van der Waals surface area contributed by atoms with E-state index in [2.05, 4.69) is 15.3 Å². The first kappa shape index (κ1) is 15.9. The minimum atomic E-state index is -3.53. The van der Waals surface area contributed by atoms with E-state index in [1.165, 1.54) is 11.3 Å². The highest BCUT2D eigenvalue weighted by Gasteiger charge is 2.30. The van der Waals surface area contributed by atoms with Crippen LogP contribution in [0.2, 0.25) is 0 Å². The van der Waals surface area contributed by atoms with Crippen LogP contribution >= 0.6 is 11.3 Å². The minimum Gasteiger partial charge on any atom is -0.361 e. The lowest BCUT2D eigenvalue weighted by Crippen LogP contribution is -2.14. The molecule has 23 heavy (non-hydrogen) atoms. The molecule has 7 nitrogen and oxygen atoms in total. The Morgan fingerprint density at radius 2 is 2.04 bits per heavy atom. The maximum absolute atomic E-state index is 12.6. The zero-order chi connectivity index (χ0) is 16.6. The van der Waals surface area contributed by atoms with E-state index in [4.69, 9.17) is 9.05 Å². The molecule has 0 aromatic carbocycles. The van der Waals surface area contributed by atoms with Crippen LogP contribution in [0.5, 0.6) is 0 Å². The van der Waals surface area contributed by atoms with Gasteiger partial charge in [-0.2, -0.15) is 4.98 Å². The predicted molar refractivity (Wildman–Crippen MR) is 84.6 cm³/mol. The average molecular weight is 353 g/mol. The summed E-state index contributed by atoms with van der Waals surface area (Å²) in [5, 5.41) is 8.62. The maximum atomic E-state index is 12.6. The van der Waals surface area contributed by atoms with E-state index in [1.807, 2.05) is 17.5 Å². The fourth-order valence-electron chi connectivity index (χ4n) is 2.09. The number of hydrogen-bond acceptors (Lipinski definition) is 8. The minimum absolute atomic E-state index is 0.0835. The lowest BCUT2D eigenvalue weighted by Gasteiger charge is -2.08. The number of aryl methyl sites for hydroxylation is 2. The number of aromatic nitrogens is 3. The fraction of sp³-hybridized carbons (Fsp3) is 0.357. The van der Waals surface area contributed by atoms with Crippen LogP contribution < -0.4 is 0 Å². The van der Waals surface area contributed by atoms with Crippen molar-refractivity contribution in [2.45, 2.75) is 31.8 Å². The van der Waals surface area contributed by atoms with Crippen LogP contribution in [-0.4, -0.2) is 23.7 Å². The highest BCUT2D eigenvalue weighted by Crippen LogP contribution is 2.29. The summed E-state index contributed by atoms with van der Waals surface area (Å²) in [7, 11) is -3.53. The molecular formula is C14H15N3O4S2. The Balaban J connectivity index is 1.86. The zero-order valence-electron chi connectivity index (χ0n) is 12.8. The molecule has 0 radical (unpaired) electrons. The number of thiophene rings is 1. The first-order valence-electron chi connectivity index (χ1n) is 6.89. The van der Waals surface area contributed by atoms with E-state index in [-0.39, 0.29) is 11.6 Å². The average Bonchev–Trinajstić information content (AvgIpc) is 3.23. The first-order chi connectivity index (χ1) is 10.9. The molecule has 0 N–H and O–H groups in total. The van der Waals surface area contributed by atoms with Gasteiger partial charge in [0.05, 0.1) is 16.3 Å². The zero-order valence-corrected chi connectivity index (χ0v) is 14.4. The van der Waals surface area contributed by atoms with Crippen LogP contribution in [0.15, 0.2) is 26.6 Å². The van der Waals surface area contributed by atoms with Gasteiger partial charge >= 0.3 is 0 Å². The molecule has 0 aliphatic heterocycles. The quantitative estimate of drug-likeness (QED) is 0.695. The van der Waals surface area contributed by atoms with Gasteiger partial charge in [-0.15, -0.1) is 11.3 Å². The molecule has 3 aromatic rings. The van der Waals surface area contributed by atoms with Gasteiger partial charge in [0.2, 0.25) is 11.7 Å². The van der Waals surface area contributed by atoms with Crippen LogP contribution in [0.1, 0.15) is 35.1 Å². The number of rotatable bonds is 5. The van der Waals surface area contributed by atoms with Crippen molar-refractivity contribution in [3.8, 4) is 10.7 Å². The fourth-order valence-corrected chi connectivity index (χ4v) is 4.21. The van der Waals surface area contributed by atoms with Crippen LogP contribution in [0.3, 0.4) is 0 Å². The van der Waals surface area contributed by atoms with Gasteiger partial charge in [0, 0.05) is 5.56 Å². The lowest BCUT2D eigenvalue weighted by molar-refractivity contribution is 0.377. The van der Waals surface area contributed by atoms with Crippen molar-refractivity contribution in [2.75, 3.05) is 0 Å². The molecule has 0 spiro atoms. The molecule has 3 heterocycles. The van der Waals surface area contributed by atoms with E-state index < -0.39 is 15.1 Å². The van der Waals surface area contributed by atoms with Crippen molar-refractivity contribution in [1.29, 1.82) is 0 Å². The molecule has 0 unspecified atom stereocenters. The number of hydrogen-bond donors (Lipinski definition) is 0. The maximum Gasteiger partial charge on any atom is 0.245 e. The van der Waals surface area contributed by atoms with Gasteiger partial charge in [-0.25, -0.2) is 8.42 Å². The molecule has 3 rings (SSSR count). The van der Waals surface area contributed by atoms with E-state index in [9.17, 15) is 8.42 Å². The van der Waals surface area contributed by atoms with Crippen molar-refractivity contribution >= 4 is 21.2 Å². The SMILES string of the molecule is Cc1noc(C)c1CS(=O)(=O)[C@H](C)c1nc(-c2cccs2)no1. The third-order valence-corrected chi connectivity index (χ3v) is 6.43. The van der Waals surface area contributed by atoms with Gasteiger partial charge in [-0.1, -0.05) is 16.4 Å². The summed E-state index contributed by atoms with van der Waals surface area (Å²) < 4.78 is 35.4. The molecular weight excluding hydrogens is 338 g/mol. The smallest absolute Gasteiger partial charge is 0.245 e. The molecule has 3 aromatic heterocycles. The Hall–Kier alpha value is -2.00. The van der Waals surface area contributed by atoms with E-state index in [0.29, 0.717) is 22.8 Å². The van der Waals surface area contributed by atoms with Crippen LogP contribution in [0, 0.1) is 13.8 Å². The van der Waals surface area contributed by atoms with Crippen molar-refractivity contribution in [3.05, 3.63) is 40.4 Å². The van der Waals surface area contributed by atoms with Gasteiger partial charge in [-0.3, -0.25) is 0 Å². The highest BCUT2D eigenvalue weighted by atomic mass is 32.2. The molecule has 0 aliphatic carbocycles. The van der Waals surface area contributed by atoms with Crippen molar-refractivity contribution in [2.24, 2.45) is 0 Å². The summed E-state index contributed by atoms with van der Waals surface area (Å²) in [6, 6.07) is 3.72. The molecule has 0 amide bonds. The third kappa shape index (κ3) is 3.06. The molecule has 122 valence electrons. The van der Waals surface area contributed by atoms with E-state index in [1.54, 1.807) is 20.8 Å². The van der Waals surface area contributed by atoms with E-state index >= 15 is 0 Å². The van der Waals surface area contributed by atoms with Gasteiger partial charge in [0.1, 0.15) is 11.0 Å². The molecule has 0 aliphatic rings. The number of sulfone groups is 1.